The average Bonchev–Trinajstić information content (AvgIpc) is 2.57. The van der Waals surface area contributed by atoms with Crippen molar-refractivity contribution in [3.63, 3.8) is 0 Å². The molecule has 0 fully saturated rings. The van der Waals surface area contributed by atoms with Crippen molar-refractivity contribution in [1.82, 2.24) is 10.6 Å². The van der Waals surface area contributed by atoms with Gasteiger partial charge in [-0.15, -0.1) is 0 Å². The summed E-state index contributed by atoms with van der Waals surface area (Å²) in [6.07, 6.45) is 1.53. The van der Waals surface area contributed by atoms with E-state index in [1.54, 1.807) is 7.11 Å². The molecule has 4 nitrogen and oxygen atoms in total. The van der Waals surface area contributed by atoms with Crippen LogP contribution in [0.4, 0.5) is 4.79 Å². The second-order valence-corrected chi connectivity index (χ2v) is 5.94. The van der Waals surface area contributed by atoms with Gasteiger partial charge in [-0.2, -0.15) is 0 Å². The SMILES string of the molecule is COc1ccccc1CCNC(=O)NCCc1ccccc1Br. The van der Waals surface area contributed by atoms with Gasteiger partial charge in [-0.1, -0.05) is 52.3 Å². The zero-order valence-electron chi connectivity index (χ0n) is 13.1. The van der Waals surface area contributed by atoms with Crippen LogP contribution in [0.25, 0.3) is 0 Å². The lowest BCUT2D eigenvalue weighted by Gasteiger charge is -2.10. The third kappa shape index (κ3) is 5.60. The van der Waals surface area contributed by atoms with E-state index in [4.69, 9.17) is 4.74 Å². The summed E-state index contributed by atoms with van der Waals surface area (Å²) in [5, 5.41) is 5.74. The van der Waals surface area contributed by atoms with Gasteiger partial charge in [0.2, 0.25) is 0 Å². The Bertz CT molecular complexity index is 646. The highest BCUT2D eigenvalue weighted by Crippen LogP contribution is 2.17. The molecule has 122 valence electrons. The molecular weight excluding hydrogens is 356 g/mol. The number of nitrogens with one attached hydrogen (secondary N) is 2. The molecule has 0 bridgehead atoms. The van der Waals surface area contributed by atoms with Crippen molar-refractivity contribution >= 4 is 22.0 Å². The van der Waals surface area contributed by atoms with Crippen LogP contribution >= 0.6 is 15.9 Å². The van der Waals surface area contributed by atoms with Crippen LogP contribution in [0.1, 0.15) is 11.1 Å². The summed E-state index contributed by atoms with van der Waals surface area (Å²) in [4.78, 5) is 11.8. The molecule has 0 aliphatic carbocycles. The third-order valence-electron chi connectivity index (χ3n) is 3.51. The Labute approximate surface area is 145 Å². The first-order chi connectivity index (χ1) is 11.2. The number of carbonyl (C=O) groups excluding carboxylic acids is 1. The molecule has 0 aliphatic rings. The first-order valence-corrected chi connectivity index (χ1v) is 8.37. The van der Waals surface area contributed by atoms with E-state index in [2.05, 4.69) is 26.6 Å². The van der Waals surface area contributed by atoms with Gasteiger partial charge < -0.3 is 15.4 Å². The van der Waals surface area contributed by atoms with Crippen molar-refractivity contribution < 1.29 is 9.53 Å². The van der Waals surface area contributed by atoms with Crippen LogP contribution in [-0.4, -0.2) is 26.2 Å². The van der Waals surface area contributed by atoms with E-state index in [-0.39, 0.29) is 6.03 Å². The molecule has 0 atom stereocenters. The molecule has 2 aromatic carbocycles. The van der Waals surface area contributed by atoms with E-state index >= 15 is 0 Å². The van der Waals surface area contributed by atoms with Crippen LogP contribution in [0.3, 0.4) is 0 Å². The maximum atomic E-state index is 11.8. The molecule has 2 amide bonds. The van der Waals surface area contributed by atoms with Crippen LogP contribution in [-0.2, 0) is 12.8 Å². The van der Waals surface area contributed by atoms with Crippen molar-refractivity contribution in [1.29, 1.82) is 0 Å². The van der Waals surface area contributed by atoms with Crippen LogP contribution in [0.5, 0.6) is 5.75 Å². The zero-order chi connectivity index (χ0) is 16.5. The van der Waals surface area contributed by atoms with Crippen molar-refractivity contribution in [3.8, 4) is 5.75 Å². The van der Waals surface area contributed by atoms with Gasteiger partial charge in [0.1, 0.15) is 5.75 Å². The Morgan fingerprint density at radius 1 is 0.957 bits per heavy atom. The monoisotopic (exact) mass is 376 g/mol. The Balaban J connectivity index is 1.68. The van der Waals surface area contributed by atoms with Gasteiger partial charge in [-0.3, -0.25) is 0 Å². The first-order valence-electron chi connectivity index (χ1n) is 7.57. The van der Waals surface area contributed by atoms with E-state index in [1.165, 1.54) is 5.56 Å². The number of halogens is 1. The predicted molar refractivity (Wildman–Crippen MR) is 95.9 cm³/mol. The fourth-order valence-corrected chi connectivity index (χ4v) is 2.78. The summed E-state index contributed by atoms with van der Waals surface area (Å²) >= 11 is 3.50. The van der Waals surface area contributed by atoms with Gasteiger partial charge >= 0.3 is 6.03 Å². The summed E-state index contributed by atoms with van der Waals surface area (Å²) in [6, 6.07) is 15.7. The maximum Gasteiger partial charge on any atom is 0.314 e. The molecule has 0 aromatic heterocycles. The van der Waals surface area contributed by atoms with Crippen LogP contribution < -0.4 is 15.4 Å². The van der Waals surface area contributed by atoms with Gasteiger partial charge in [0.25, 0.3) is 0 Å². The number of para-hydroxylation sites is 1. The summed E-state index contributed by atoms with van der Waals surface area (Å²) in [5.41, 5.74) is 2.27. The number of amides is 2. The molecule has 2 N–H and O–H groups in total. The largest absolute Gasteiger partial charge is 0.496 e. The second-order valence-electron chi connectivity index (χ2n) is 5.09. The van der Waals surface area contributed by atoms with E-state index in [0.29, 0.717) is 13.1 Å². The molecule has 0 unspecified atom stereocenters. The van der Waals surface area contributed by atoms with Gasteiger partial charge in [0, 0.05) is 17.6 Å². The van der Waals surface area contributed by atoms with Gasteiger partial charge in [-0.05, 0) is 36.1 Å². The van der Waals surface area contributed by atoms with E-state index in [9.17, 15) is 4.79 Å². The number of benzene rings is 2. The molecule has 0 saturated carbocycles. The Kier molecular flexibility index (Phi) is 6.94. The van der Waals surface area contributed by atoms with Crippen molar-refractivity contribution in [3.05, 3.63) is 64.1 Å². The molecule has 0 spiro atoms. The van der Waals surface area contributed by atoms with Gasteiger partial charge in [-0.25, -0.2) is 4.79 Å². The molecule has 2 rings (SSSR count). The number of ether oxygens (including phenoxy) is 1. The van der Waals surface area contributed by atoms with Gasteiger partial charge in [0.05, 0.1) is 7.11 Å². The number of rotatable bonds is 7. The predicted octanol–water partition coefficient (Wildman–Crippen LogP) is 3.54. The normalized spacial score (nSPS) is 10.2. The Hall–Kier alpha value is -2.01. The number of hydrogen-bond acceptors (Lipinski definition) is 2. The second kappa shape index (κ2) is 9.20. The quantitative estimate of drug-likeness (QED) is 0.776. The highest BCUT2D eigenvalue weighted by atomic mass is 79.9. The lowest BCUT2D eigenvalue weighted by atomic mass is 10.1. The highest BCUT2D eigenvalue weighted by molar-refractivity contribution is 9.10. The van der Waals surface area contributed by atoms with Crippen molar-refractivity contribution in [2.75, 3.05) is 20.2 Å². The van der Waals surface area contributed by atoms with Gasteiger partial charge in [0.15, 0.2) is 0 Å². The lowest BCUT2D eigenvalue weighted by molar-refractivity contribution is 0.241. The van der Waals surface area contributed by atoms with Crippen molar-refractivity contribution in [2.24, 2.45) is 0 Å². The smallest absolute Gasteiger partial charge is 0.314 e. The summed E-state index contributed by atoms with van der Waals surface area (Å²) < 4.78 is 6.36. The van der Waals surface area contributed by atoms with Crippen LogP contribution in [0.15, 0.2) is 53.0 Å². The summed E-state index contributed by atoms with van der Waals surface area (Å²) in [5.74, 6) is 0.851. The van der Waals surface area contributed by atoms with Crippen molar-refractivity contribution in [2.45, 2.75) is 12.8 Å². The van der Waals surface area contributed by atoms with E-state index < -0.39 is 0 Å². The fourth-order valence-electron chi connectivity index (χ4n) is 2.29. The molecular formula is C18H21BrN2O2. The first kappa shape index (κ1) is 17.3. The highest BCUT2D eigenvalue weighted by Gasteiger charge is 2.04. The average molecular weight is 377 g/mol. The standard InChI is InChI=1S/C18H21BrN2O2/c1-23-17-9-5-3-7-15(17)11-13-21-18(22)20-12-10-14-6-2-4-8-16(14)19/h2-9H,10-13H2,1H3,(H2,20,21,22). The number of carbonyl (C=O) groups is 1. The zero-order valence-corrected chi connectivity index (χ0v) is 14.7. The summed E-state index contributed by atoms with van der Waals surface area (Å²) in [7, 11) is 1.65. The third-order valence-corrected chi connectivity index (χ3v) is 4.28. The Morgan fingerprint density at radius 3 is 2.17 bits per heavy atom. The van der Waals surface area contributed by atoms with Crippen LogP contribution in [0, 0.1) is 0 Å². The maximum absolute atomic E-state index is 11.8. The fraction of sp³-hybridized carbons (Fsp3) is 0.278. The molecule has 23 heavy (non-hydrogen) atoms. The summed E-state index contributed by atoms with van der Waals surface area (Å²) in [6.45, 7) is 1.17. The Morgan fingerprint density at radius 2 is 1.52 bits per heavy atom. The number of methoxy groups -OCH3 is 1. The minimum Gasteiger partial charge on any atom is -0.496 e. The minimum absolute atomic E-state index is 0.146. The number of urea groups is 1. The molecule has 5 heteroatoms. The molecule has 2 aromatic rings. The number of hydrogen-bond donors (Lipinski definition) is 2. The lowest BCUT2D eigenvalue weighted by Crippen LogP contribution is -2.37. The topological polar surface area (TPSA) is 50.4 Å². The van der Waals surface area contributed by atoms with E-state index in [1.807, 2.05) is 48.5 Å². The molecule has 0 heterocycles. The minimum atomic E-state index is -0.146. The van der Waals surface area contributed by atoms with E-state index in [0.717, 1.165) is 28.6 Å². The molecule has 0 aliphatic heterocycles. The molecule has 0 radical (unpaired) electrons. The molecule has 0 saturated heterocycles. The van der Waals surface area contributed by atoms with Crippen LogP contribution in [0.2, 0.25) is 0 Å².